The number of hydrogen-bond donors (Lipinski definition) is 3. The number of carbonyl (C=O) groups excluding carboxylic acids is 1. The highest BCUT2D eigenvalue weighted by Crippen LogP contribution is 2.24. The molecule has 1 atom stereocenters. The largest absolute Gasteiger partial charge is 0.394 e. The van der Waals surface area contributed by atoms with Crippen molar-refractivity contribution in [2.24, 2.45) is 5.92 Å². The molecule has 0 aromatic heterocycles. The van der Waals surface area contributed by atoms with Crippen molar-refractivity contribution >= 4 is 23.3 Å². The molecule has 1 aromatic carbocycles. The predicted octanol–water partition coefficient (Wildman–Crippen LogP) is 3.18. The lowest BCUT2D eigenvalue weighted by molar-refractivity contribution is 0.214. The van der Waals surface area contributed by atoms with Crippen molar-refractivity contribution in [2.75, 3.05) is 11.9 Å². The van der Waals surface area contributed by atoms with E-state index in [9.17, 15) is 9.90 Å². The van der Waals surface area contributed by atoms with E-state index in [0.29, 0.717) is 16.6 Å². The molecule has 0 radical (unpaired) electrons. The van der Waals surface area contributed by atoms with Gasteiger partial charge in [-0.1, -0.05) is 37.6 Å². The second kappa shape index (κ2) is 7.36. The molecule has 3 N–H and O–H groups in total. The van der Waals surface area contributed by atoms with Crippen molar-refractivity contribution in [3.8, 4) is 0 Å². The SMILES string of the molecule is Cc1cccc(NC(=O)NC(CO)CC(C)C)c1Cl. The molecule has 0 heterocycles. The number of aliphatic hydroxyl groups excluding tert-OH is 1. The maximum absolute atomic E-state index is 11.8. The maximum Gasteiger partial charge on any atom is 0.319 e. The number of rotatable bonds is 5. The number of nitrogens with one attached hydrogen (secondary N) is 2. The van der Waals surface area contributed by atoms with E-state index in [0.717, 1.165) is 12.0 Å². The minimum Gasteiger partial charge on any atom is -0.394 e. The Balaban J connectivity index is 2.62. The topological polar surface area (TPSA) is 61.4 Å². The molecule has 0 aliphatic carbocycles. The molecule has 0 bridgehead atoms. The summed E-state index contributed by atoms with van der Waals surface area (Å²) in [6, 6.07) is 4.84. The van der Waals surface area contributed by atoms with E-state index in [4.69, 9.17) is 11.6 Å². The third-order valence-corrected chi connectivity index (χ3v) is 3.25. The average molecular weight is 285 g/mol. The molecule has 0 spiro atoms. The lowest BCUT2D eigenvalue weighted by atomic mass is 10.0. The van der Waals surface area contributed by atoms with E-state index in [2.05, 4.69) is 10.6 Å². The van der Waals surface area contributed by atoms with Gasteiger partial charge in [0, 0.05) is 0 Å². The molecule has 2 amide bonds. The van der Waals surface area contributed by atoms with Gasteiger partial charge in [-0.05, 0) is 30.9 Å². The summed E-state index contributed by atoms with van der Waals surface area (Å²) >= 11 is 6.10. The van der Waals surface area contributed by atoms with Gasteiger partial charge in [-0.25, -0.2) is 4.79 Å². The molecule has 0 saturated heterocycles. The van der Waals surface area contributed by atoms with Crippen LogP contribution in [-0.2, 0) is 0 Å². The molecule has 0 aliphatic rings. The van der Waals surface area contributed by atoms with Gasteiger partial charge in [-0.2, -0.15) is 0 Å². The summed E-state index contributed by atoms with van der Waals surface area (Å²) < 4.78 is 0. The second-order valence-corrected chi connectivity index (χ2v) is 5.42. The van der Waals surface area contributed by atoms with Gasteiger partial charge in [0.1, 0.15) is 0 Å². The number of benzene rings is 1. The Labute approximate surface area is 119 Å². The Morgan fingerprint density at radius 1 is 1.42 bits per heavy atom. The quantitative estimate of drug-likeness (QED) is 0.778. The standard InChI is InChI=1S/C14H21ClN2O2/c1-9(2)7-11(8-18)16-14(19)17-12-6-4-5-10(3)13(12)15/h4-6,9,11,18H,7-8H2,1-3H3,(H2,16,17,19). The van der Waals surface area contributed by atoms with Crippen LogP contribution in [0.4, 0.5) is 10.5 Å². The third-order valence-electron chi connectivity index (χ3n) is 2.75. The first-order chi connectivity index (χ1) is 8.93. The zero-order valence-corrected chi connectivity index (χ0v) is 12.3. The smallest absolute Gasteiger partial charge is 0.319 e. The molecule has 1 aromatic rings. The van der Waals surface area contributed by atoms with E-state index < -0.39 is 0 Å². The summed E-state index contributed by atoms with van der Waals surface area (Å²) in [6.45, 7) is 5.88. The molecule has 19 heavy (non-hydrogen) atoms. The van der Waals surface area contributed by atoms with Gasteiger partial charge in [-0.15, -0.1) is 0 Å². The van der Waals surface area contributed by atoms with Crippen molar-refractivity contribution in [3.63, 3.8) is 0 Å². The lowest BCUT2D eigenvalue weighted by Crippen LogP contribution is -2.41. The summed E-state index contributed by atoms with van der Waals surface area (Å²) in [7, 11) is 0. The Hall–Kier alpha value is -1.26. The predicted molar refractivity (Wildman–Crippen MR) is 78.7 cm³/mol. The van der Waals surface area contributed by atoms with E-state index in [1.807, 2.05) is 32.9 Å². The van der Waals surface area contributed by atoms with Crippen molar-refractivity contribution in [3.05, 3.63) is 28.8 Å². The van der Waals surface area contributed by atoms with E-state index in [-0.39, 0.29) is 18.7 Å². The molecule has 4 nitrogen and oxygen atoms in total. The minimum atomic E-state index is -0.354. The number of anilines is 1. The van der Waals surface area contributed by atoms with Gasteiger partial charge in [0.25, 0.3) is 0 Å². The molecule has 0 saturated carbocycles. The van der Waals surface area contributed by atoms with Crippen LogP contribution < -0.4 is 10.6 Å². The molecule has 5 heteroatoms. The number of aryl methyl sites for hydroxylation is 1. The summed E-state index contributed by atoms with van der Waals surface area (Å²) in [5.74, 6) is 0.403. The zero-order valence-electron chi connectivity index (χ0n) is 11.5. The molecule has 1 rings (SSSR count). The van der Waals surface area contributed by atoms with Crippen LogP contribution in [0, 0.1) is 12.8 Å². The molecule has 0 fully saturated rings. The van der Waals surface area contributed by atoms with Gasteiger partial charge < -0.3 is 15.7 Å². The number of halogens is 1. The van der Waals surface area contributed by atoms with E-state index in [1.165, 1.54) is 0 Å². The average Bonchev–Trinajstić information content (AvgIpc) is 2.33. The number of hydrogen-bond acceptors (Lipinski definition) is 2. The van der Waals surface area contributed by atoms with Crippen molar-refractivity contribution in [2.45, 2.75) is 33.2 Å². The first kappa shape index (κ1) is 15.8. The van der Waals surface area contributed by atoms with Gasteiger partial charge in [0.2, 0.25) is 0 Å². The van der Waals surface area contributed by atoms with E-state index in [1.54, 1.807) is 6.07 Å². The minimum absolute atomic E-state index is 0.0762. The fourth-order valence-electron chi connectivity index (χ4n) is 1.84. The Bertz CT molecular complexity index is 435. The van der Waals surface area contributed by atoms with Crippen LogP contribution in [0.3, 0.4) is 0 Å². The van der Waals surface area contributed by atoms with Crippen LogP contribution in [0.15, 0.2) is 18.2 Å². The maximum atomic E-state index is 11.8. The first-order valence-corrected chi connectivity index (χ1v) is 6.75. The van der Waals surface area contributed by atoms with Crippen LogP contribution in [-0.4, -0.2) is 23.8 Å². The van der Waals surface area contributed by atoms with Crippen LogP contribution in [0.5, 0.6) is 0 Å². The van der Waals surface area contributed by atoms with Gasteiger partial charge in [-0.3, -0.25) is 0 Å². The summed E-state index contributed by atoms with van der Waals surface area (Å²) in [4.78, 5) is 11.8. The number of carbonyl (C=O) groups is 1. The third kappa shape index (κ3) is 5.09. The summed E-state index contributed by atoms with van der Waals surface area (Å²) in [5.41, 5.74) is 1.47. The van der Waals surface area contributed by atoms with Gasteiger partial charge in [0.05, 0.1) is 23.4 Å². The van der Waals surface area contributed by atoms with E-state index >= 15 is 0 Å². The number of amides is 2. The lowest BCUT2D eigenvalue weighted by Gasteiger charge is -2.19. The Morgan fingerprint density at radius 2 is 2.11 bits per heavy atom. The van der Waals surface area contributed by atoms with Crippen LogP contribution >= 0.6 is 11.6 Å². The molecule has 1 unspecified atom stereocenters. The highest BCUT2D eigenvalue weighted by molar-refractivity contribution is 6.34. The highest BCUT2D eigenvalue weighted by Gasteiger charge is 2.14. The van der Waals surface area contributed by atoms with Crippen molar-refractivity contribution in [1.82, 2.24) is 5.32 Å². The molecule has 0 aliphatic heterocycles. The second-order valence-electron chi connectivity index (χ2n) is 5.04. The molecule has 106 valence electrons. The summed E-state index contributed by atoms with van der Waals surface area (Å²) in [5, 5.41) is 15.2. The van der Waals surface area contributed by atoms with Gasteiger partial charge in [0.15, 0.2) is 0 Å². The Morgan fingerprint density at radius 3 is 2.68 bits per heavy atom. The highest BCUT2D eigenvalue weighted by atomic mass is 35.5. The molecular formula is C14H21ClN2O2. The summed E-state index contributed by atoms with van der Waals surface area (Å²) in [6.07, 6.45) is 0.728. The van der Waals surface area contributed by atoms with Crippen LogP contribution in [0.1, 0.15) is 25.8 Å². The van der Waals surface area contributed by atoms with Crippen molar-refractivity contribution in [1.29, 1.82) is 0 Å². The molecular weight excluding hydrogens is 264 g/mol. The van der Waals surface area contributed by atoms with Crippen LogP contribution in [0.25, 0.3) is 0 Å². The Kier molecular flexibility index (Phi) is 6.12. The van der Waals surface area contributed by atoms with Crippen molar-refractivity contribution < 1.29 is 9.90 Å². The van der Waals surface area contributed by atoms with Crippen LogP contribution in [0.2, 0.25) is 5.02 Å². The fourth-order valence-corrected chi connectivity index (χ4v) is 2.01. The first-order valence-electron chi connectivity index (χ1n) is 6.37. The normalized spacial score (nSPS) is 12.3. The van der Waals surface area contributed by atoms with Gasteiger partial charge >= 0.3 is 6.03 Å². The fraction of sp³-hybridized carbons (Fsp3) is 0.500. The zero-order chi connectivity index (χ0) is 14.4. The monoisotopic (exact) mass is 284 g/mol. The number of urea groups is 1. The number of aliphatic hydroxyl groups is 1.